The van der Waals surface area contributed by atoms with Crippen LogP contribution in [0.3, 0.4) is 0 Å². The number of carbonyl (C=O) groups is 1. The van der Waals surface area contributed by atoms with Gasteiger partial charge in [0.25, 0.3) is 5.91 Å². The first kappa shape index (κ1) is 13.3. The third kappa shape index (κ3) is 2.52. The average molecular weight is 257 g/mol. The third-order valence-electron chi connectivity index (χ3n) is 3.06. The van der Waals surface area contributed by atoms with Crippen LogP contribution >= 0.6 is 0 Å². The summed E-state index contributed by atoms with van der Waals surface area (Å²) >= 11 is 0. The van der Waals surface area contributed by atoms with Crippen molar-refractivity contribution in [3.05, 3.63) is 47.3 Å². The molecule has 1 aromatic carbocycles. The van der Waals surface area contributed by atoms with Crippen LogP contribution in [0, 0.1) is 6.92 Å². The van der Waals surface area contributed by atoms with Crippen LogP contribution in [0.1, 0.15) is 35.6 Å². The number of nitrogens with one attached hydrogen (secondary N) is 1. The van der Waals surface area contributed by atoms with Gasteiger partial charge < -0.3 is 5.32 Å². The third-order valence-corrected chi connectivity index (χ3v) is 3.06. The van der Waals surface area contributed by atoms with Crippen molar-refractivity contribution in [2.45, 2.75) is 27.2 Å². The fourth-order valence-electron chi connectivity index (χ4n) is 2.23. The van der Waals surface area contributed by atoms with Crippen molar-refractivity contribution in [1.82, 2.24) is 15.1 Å². The van der Waals surface area contributed by atoms with Gasteiger partial charge in [-0.05, 0) is 32.4 Å². The normalized spacial score (nSPS) is 10.5. The number of nitrogens with zero attached hydrogens (tertiary/aromatic N) is 2. The number of aryl methyl sites for hydroxylation is 1. The molecule has 2 aromatic rings. The molecule has 0 aliphatic carbocycles. The first-order chi connectivity index (χ1) is 9.19. The number of hydrogen-bond acceptors (Lipinski definition) is 2. The van der Waals surface area contributed by atoms with Crippen LogP contribution in [0.2, 0.25) is 0 Å². The molecule has 0 radical (unpaired) electrons. The summed E-state index contributed by atoms with van der Waals surface area (Å²) in [7, 11) is 0. The van der Waals surface area contributed by atoms with Crippen molar-refractivity contribution in [1.29, 1.82) is 0 Å². The monoisotopic (exact) mass is 257 g/mol. The summed E-state index contributed by atoms with van der Waals surface area (Å²) in [6.45, 7) is 6.46. The summed E-state index contributed by atoms with van der Waals surface area (Å²) in [6.07, 6.45) is 0.766. The standard InChI is InChI=1S/C15H19N3O/c1-4-13-14(15(19)16-5-2)11(3)17-18(13)12-9-7-6-8-10-12/h6-10H,4-5H2,1-3H3,(H,16,19). The highest BCUT2D eigenvalue weighted by molar-refractivity contribution is 5.96. The number of para-hydroxylation sites is 1. The van der Waals surface area contributed by atoms with Gasteiger partial charge in [-0.25, -0.2) is 4.68 Å². The molecule has 4 heteroatoms. The molecule has 0 aliphatic heterocycles. The first-order valence-electron chi connectivity index (χ1n) is 6.61. The largest absolute Gasteiger partial charge is 0.352 e. The molecule has 0 saturated heterocycles. The maximum Gasteiger partial charge on any atom is 0.255 e. The van der Waals surface area contributed by atoms with E-state index >= 15 is 0 Å². The number of aromatic nitrogens is 2. The Morgan fingerprint density at radius 3 is 2.53 bits per heavy atom. The van der Waals surface area contributed by atoms with Gasteiger partial charge in [0.05, 0.1) is 22.6 Å². The Bertz CT molecular complexity index is 573. The fraction of sp³-hybridized carbons (Fsp3) is 0.333. The van der Waals surface area contributed by atoms with E-state index in [9.17, 15) is 4.79 Å². The molecular formula is C15H19N3O. The summed E-state index contributed by atoms with van der Waals surface area (Å²) in [5, 5.41) is 7.36. The average Bonchev–Trinajstić information content (AvgIpc) is 2.76. The molecule has 4 nitrogen and oxygen atoms in total. The predicted octanol–water partition coefficient (Wildman–Crippen LogP) is 2.49. The first-order valence-corrected chi connectivity index (χ1v) is 6.61. The topological polar surface area (TPSA) is 46.9 Å². The van der Waals surface area contributed by atoms with Crippen molar-refractivity contribution in [3.8, 4) is 5.69 Å². The minimum atomic E-state index is -0.0426. The Kier molecular flexibility index (Phi) is 4.00. The summed E-state index contributed by atoms with van der Waals surface area (Å²) in [5.41, 5.74) is 3.41. The van der Waals surface area contributed by atoms with E-state index in [4.69, 9.17) is 0 Å². The van der Waals surface area contributed by atoms with Gasteiger partial charge in [-0.15, -0.1) is 0 Å². The van der Waals surface area contributed by atoms with Crippen LogP contribution in [0.5, 0.6) is 0 Å². The predicted molar refractivity (Wildman–Crippen MR) is 75.7 cm³/mol. The summed E-state index contributed by atoms with van der Waals surface area (Å²) in [4.78, 5) is 12.1. The fourth-order valence-corrected chi connectivity index (χ4v) is 2.23. The van der Waals surface area contributed by atoms with Crippen LogP contribution in [0.25, 0.3) is 5.69 Å². The van der Waals surface area contributed by atoms with E-state index in [0.29, 0.717) is 12.1 Å². The highest BCUT2D eigenvalue weighted by Gasteiger charge is 2.20. The molecule has 2 rings (SSSR count). The van der Waals surface area contributed by atoms with Gasteiger partial charge >= 0.3 is 0 Å². The van der Waals surface area contributed by atoms with E-state index in [1.165, 1.54) is 0 Å². The number of hydrogen-bond donors (Lipinski definition) is 1. The van der Waals surface area contributed by atoms with Crippen LogP contribution in [0.15, 0.2) is 30.3 Å². The van der Waals surface area contributed by atoms with Gasteiger partial charge in [0.2, 0.25) is 0 Å². The van der Waals surface area contributed by atoms with E-state index in [-0.39, 0.29) is 5.91 Å². The van der Waals surface area contributed by atoms with E-state index in [1.807, 2.05) is 55.8 Å². The van der Waals surface area contributed by atoms with Gasteiger partial charge in [0.1, 0.15) is 0 Å². The molecular weight excluding hydrogens is 238 g/mol. The lowest BCUT2D eigenvalue weighted by Crippen LogP contribution is -2.24. The van der Waals surface area contributed by atoms with Crippen LogP contribution < -0.4 is 5.32 Å². The van der Waals surface area contributed by atoms with E-state index < -0.39 is 0 Å². The summed E-state index contributed by atoms with van der Waals surface area (Å²) in [5.74, 6) is -0.0426. The SMILES string of the molecule is CCNC(=O)c1c(C)nn(-c2ccccc2)c1CC. The minimum absolute atomic E-state index is 0.0426. The quantitative estimate of drug-likeness (QED) is 0.914. The molecule has 1 amide bonds. The van der Waals surface area contributed by atoms with Gasteiger partial charge in [0, 0.05) is 6.54 Å². The number of carbonyl (C=O) groups excluding carboxylic acids is 1. The smallest absolute Gasteiger partial charge is 0.255 e. The number of rotatable bonds is 4. The molecule has 100 valence electrons. The molecule has 0 bridgehead atoms. The van der Waals surface area contributed by atoms with Crippen molar-refractivity contribution in [2.75, 3.05) is 6.54 Å². The molecule has 0 saturated carbocycles. The lowest BCUT2D eigenvalue weighted by Gasteiger charge is -2.07. The molecule has 1 heterocycles. The molecule has 0 fully saturated rings. The number of benzene rings is 1. The Balaban J connectivity index is 2.53. The van der Waals surface area contributed by atoms with Crippen LogP contribution in [0.4, 0.5) is 0 Å². The lowest BCUT2D eigenvalue weighted by atomic mass is 10.1. The van der Waals surface area contributed by atoms with E-state index in [2.05, 4.69) is 10.4 Å². The zero-order valence-corrected chi connectivity index (χ0v) is 11.6. The second-order valence-electron chi connectivity index (χ2n) is 4.37. The molecule has 0 unspecified atom stereocenters. The Hall–Kier alpha value is -2.10. The minimum Gasteiger partial charge on any atom is -0.352 e. The van der Waals surface area contributed by atoms with Crippen molar-refractivity contribution in [3.63, 3.8) is 0 Å². The maximum atomic E-state index is 12.1. The second-order valence-corrected chi connectivity index (χ2v) is 4.37. The molecule has 0 aliphatic rings. The van der Waals surface area contributed by atoms with Crippen molar-refractivity contribution in [2.24, 2.45) is 0 Å². The molecule has 0 spiro atoms. The van der Waals surface area contributed by atoms with E-state index in [0.717, 1.165) is 23.5 Å². The Labute approximate surface area is 113 Å². The van der Waals surface area contributed by atoms with Gasteiger partial charge in [-0.2, -0.15) is 5.10 Å². The molecule has 0 atom stereocenters. The zero-order valence-electron chi connectivity index (χ0n) is 11.6. The van der Waals surface area contributed by atoms with Gasteiger partial charge in [-0.3, -0.25) is 4.79 Å². The Morgan fingerprint density at radius 1 is 1.26 bits per heavy atom. The van der Waals surface area contributed by atoms with Crippen LogP contribution in [-0.2, 0) is 6.42 Å². The maximum absolute atomic E-state index is 12.1. The summed E-state index contributed by atoms with van der Waals surface area (Å²) in [6, 6.07) is 9.89. The highest BCUT2D eigenvalue weighted by atomic mass is 16.1. The van der Waals surface area contributed by atoms with E-state index in [1.54, 1.807) is 0 Å². The molecule has 19 heavy (non-hydrogen) atoms. The van der Waals surface area contributed by atoms with Gasteiger partial charge in [0.15, 0.2) is 0 Å². The zero-order chi connectivity index (χ0) is 13.8. The summed E-state index contributed by atoms with van der Waals surface area (Å²) < 4.78 is 1.86. The number of amides is 1. The highest BCUT2D eigenvalue weighted by Crippen LogP contribution is 2.19. The Morgan fingerprint density at radius 2 is 1.95 bits per heavy atom. The van der Waals surface area contributed by atoms with Gasteiger partial charge in [-0.1, -0.05) is 25.1 Å². The second kappa shape index (κ2) is 5.69. The molecule has 1 aromatic heterocycles. The van der Waals surface area contributed by atoms with Crippen LogP contribution in [-0.4, -0.2) is 22.2 Å². The van der Waals surface area contributed by atoms with Crippen molar-refractivity contribution < 1.29 is 4.79 Å². The van der Waals surface area contributed by atoms with Crippen molar-refractivity contribution >= 4 is 5.91 Å². The molecule has 1 N–H and O–H groups in total. The lowest BCUT2D eigenvalue weighted by molar-refractivity contribution is 0.0954.